The van der Waals surface area contributed by atoms with E-state index < -0.39 is 0 Å². The summed E-state index contributed by atoms with van der Waals surface area (Å²) in [7, 11) is 0. The molecule has 2 N–H and O–H groups in total. The molecule has 0 spiro atoms. The van der Waals surface area contributed by atoms with Crippen LogP contribution in [0.1, 0.15) is 10.7 Å². The second-order valence-corrected chi connectivity index (χ2v) is 3.61. The van der Waals surface area contributed by atoms with Gasteiger partial charge in [-0.1, -0.05) is 5.10 Å². The summed E-state index contributed by atoms with van der Waals surface area (Å²) in [4.78, 5) is 4.27. The van der Waals surface area contributed by atoms with Gasteiger partial charge in [-0.2, -0.15) is 0 Å². The van der Waals surface area contributed by atoms with Crippen LogP contribution >= 0.6 is 11.3 Å². The lowest BCUT2D eigenvalue weighted by molar-refractivity contribution is 0.646. The first-order chi connectivity index (χ1) is 6.25. The van der Waals surface area contributed by atoms with E-state index in [0.29, 0.717) is 12.5 Å². The van der Waals surface area contributed by atoms with Crippen LogP contribution in [-0.2, 0) is 6.54 Å². The highest BCUT2D eigenvalue weighted by atomic mass is 32.1. The number of anilines is 1. The molecule has 0 radical (unpaired) electrons. The molecule has 0 fully saturated rings. The van der Waals surface area contributed by atoms with Crippen molar-refractivity contribution in [2.75, 3.05) is 5.73 Å². The maximum atomic E-state index is 5.50. The normalized spacial score (nSPS) is 10.5. The van der Waals surface area contributed by atoms with E-state index >= 15 is 0 Å². The van der Waals surface area contributed by atoms with E-state index in [1.807, 2.05) is 12.3 Å². The first-order valence-corrected chi connectivity index (χ1v) is 4.56. The van der Waals surface area contributed by atoms with Crippen molar-refractivity contribution in [1.82, 2.24) is 25.2 Å². The van der Waals surface area contributed by atoms with Gasteiger partial charge in [0.1, 0.15) is 0 Å². The van der Waals surface area contributed by atoms with Gasteiger partial charge in [0.15, 0.2) is 0 Å². The fraction of sp³-hybridized carbons (Fsp3) is 0.333. The van der Waals surface area contributed by atoms with Gasteiger partial charge in [0.05, 0.1) is 17.2 Å². The van der Waals surface area contributed by atoms with Gasteiger partial charge in [-0.05, 0) is 17.4 Å². The van der Waals surface area contributed by atoms with E-state index in [-0.39, 0.29) is 0 Å². The maximum absolute atomic E-state index is 5.50. The van der Waals surface area contributed by atoms with E-state index in [2.05, 4.69) is 20.5 Å². The van der Waals surface area contributed by atoms with Crippen LogP contribution in [0.4, 0.5) is 5.95 Å². The molecule has 2 aromatic heterocycles. The van der Waals surface area contributed by atoms with Crippen molar-refractivity contribution in [2.24, 2.45) is 0 Å². The molecule has 0 aromatic carbocycles. The highest BCUT2D eigenvalue weighted by Crippen LogP contribution is 2.09. The Morgan fingerprint density at radius 3 is 3.00 bits per heavy atom. The summed E-state index contributed by atoms with van der Waals surface area (Å²) in [6.45, 7) is 2.49. The van der Waals surface area contributed by atoms with E-state index in [4.69, 9.17) is 5.73 Å². The van der Waals surface area contributed by atoms with E-state index in [9.17, 15) is 0 Å². The predicted octanol–water partition coefficient (Wildman–Crippen LogP) is 0.0685. The summed E-state index contributed by atoms with van der Waals surface area (Å²) >= 11 is 1.60. The first kappa shape index (κ1) is 8.11. The topological polar surface area (TPSA) is 82.5 Å². The van der Waals surface area contributed by atoms with Crippen LogP contribution in [0.25, 0.3) is 0 Å². The van der Waals surface area contributed by atoms with Gasteiger partial charge in [0.25, 0.3) is 0 Å². The monoisotopic (exact) mass is 196 g/mol. The Labute approximate surface area is 78.4 Å². The van der Waals surface area contributed by atoms with Gasteiger partial charge in [-0.25, -0.2) is 9.67 Å². The van der Waals surface area contributed by atoms with Crippen molar-refractivity contribution < 1.29 is 0 Å². The Bertz CT molecular complexity index is 405. The molecule has 7 heteroatoms. The number of nitrogen functional groups attached to an aromatic ring is 1. The fourth-order valence-electron chi connectivity index (χ4n) is 0.958. The molecule has 0 bridgehead atoms. The minimum atomic E-state index is 0.311. The minimum absolute atomic E-state index is 0.311. The molecular weight excluding hydrogens is 188 g/mol. The van der Waals surface area contributed by atoms with E-state index in [0.717, 1.165) is 10.7 Å². The van der Waals surface area contributed by atoms with Crippen molar-refractivity contribution in [3.8, 4) is 0 Å². The van der Waals surface area contributed by atoms with Crippen molar-refractivity contribution in [3.63, 3.8) is 0 Å². The lowest BCUT2D eigenvalue weighted by Gasteiger charge is -1.96. The zero-order chi connectivity index (χ0) is 9.26. The summed E-state index contributed by atoms with van der Waals surface area (Å²) in [6.07, 6.45) is 0. The molecule has 6 nitrogen and oxygen atoms in total. The van der Waals surface area contributed by atoms with Crippen molar-refractivity contribution in [2.45, 2.75) is 13.5 Å². The Balaban J connectivity index is 2.19. The quantitative estimate of drug-likeness (QED) is 0.734. The molecule has 0 amide bonds. The highest BCUT2D eigenvalue weighted by Gasteiger charge is 2.04. The highest BCUT2D eigenvalue weighted by molar-refractivity contribution is 7.09. The number of hydrogen-bond donors (Lipinski definition) is 1. The molecule has 0 aliphatic heterocycles. The maximum Gasteiger partial charge on any atom is 0.240 e. The number of hydrogen-bond acceptors (Lipinski definition) is 6. The molecule has 13 heavy (non-hydrogen) atoms. The average molecular weight is 196 g/mol. The van der Waals surface area contributed by atoms with Gasteiger partial charge in [0, 0.05) is 5.38 Å². The summed E-state index contributed by atoms with van der Waals surface area (Å²) in [5.74, 6) is 0.311. The summed E-state index contributed by atoms with van der Waals surface area (Å²) in [5.41, 5.74) is 6.43. The molecule has 0 atom stereocenters. The minimum Gasteiger partial charge on any atom is -0.367 e. The lowest BCUT2D eigenvalue weighted by Crippen LogP contribution is -2.06. The third-order valence-electron chi connectivity index (χ3n) is 1.54. The molecule has 0 saturated carbocycles. The van der Waals surface area contributed by atoms with Crippen LogP contribution in [0.2, 0.25) is 0 Å². The van der Waals surface area contributed by atoms with Gasteiger partial charge < -0.3 is 5.73 Å². The first-order valence-electron chi connectivity index (χ1n) is 3.68. The molecule has 0 saturated heterocycles. The number of nitrogens with zero attached hydrogens (tertiary/aromatic N) is 5. The van der Waals surface area contributed by atoms with Crippen LogP contribution in [0.5, 0.6) is 0 Å². The van der Waals surface area contributed by atoms with Crippen molar-refractivity contribution in [3.05, 3.63) is 16.1 Å². The van der Waals surface area contributed by atoms with Gasteiger partial charge in [-0.3, -0.25) is 0 Å². The van der Waals surface area contributed by atoms with Crippen LogP contribution in [0, 0.1) is 6.92 Å². The SMILES string of the molecule is Cc1nc(Cn2nnnc2N)cs1. The number of rotatable bonds is 2. The third-order valence-corrected chi connectivity index (χ3v) is 2.36. The Hall–Kier alpha value is -1.50. The van der Waals surface area contributed by atoms with E-state index in [1.165, 1.54) is 4.68 Å². The van der Waals surface area contributed by atoms with Crippen LogP contribution in [0.15, 0.2) is 5.38 Å². The molecule has 0 aliphatic carbocycles. The number of nitrogens with two attached hydrogens (primary N) is 1. The molecule has 2 rings (SSSR count). The standard InChI is InChI=1S/C6H8N6S/c1-4-8-5(3-13-4)2-12-6(7)9-10-11-12/h3H,2H2,1H3,(H2,7,9,11). The Kier molecular flexibility index (Phi) is 1.93. The van der Waals surface area contributed by atoms with Crippen LogP contribution < -0.4 is 5.73 Å². The number of aromatic nitrogens is 5. The number of tetrazole rings is 1. The second kappa shape index (κ2) is 3.09. The molecule has 68 valence electrons. The molecule has 2 heterocycles. The van der Waals surface area contributed by atoms with Crippen LogP contribution in [-0.4, -0.2) is 25.2 Å². The Morgan fingerprint density at radius 2 is 2.46 bits per heavy atom. The third kappa shape index (κ3) is 1.64. The van der Waals surface area contributed by atoms with Crippen molar-refractivity contribution in [1.29, 1.82) is 0 Å². The van der Waals surface area contributed by atoms with Gasteiger partial charge in [0.2, 0.25) is 5.95 Å². The Morgan fingerprint density at radius 1 is 1.62 bits per heavy atom. The molecule has 2 aromatic rings. The molecular formula is C6H8N6S. The summed E-state index contributed by atoms with van der Waals surface area (Å²) in [6, 6.07) is 0. The zero-order valence-corrected chi connectivity index (χ0v) is 7.82. The van der Waals surface area contributed by atoms with Gasteiger partial charge >= 0.3 is 0 Å². The molecule has 0 unspecified atom stereocenters. The number of thiazole rings is 1. The molecule has 0 aliphatic rings. The largest absolute Gasteiger partial charge is 0.367 e. The van der Waals surface area contributed by atoms with Gasteiger partial charge in [-0.15, -0.1) is 11.3 Å². The summed E-state index contributed by atoms with van der Waals surface area (Å²) in [5, 5.41) is 13.7. The zero-order valence-electron chi connectivity index (χ0n) is 7.01. The van der Waals surface area contributed by atoms with E-state index in [1.54, 1.807) is 11.3 Å². The number of aryl methyl sites for hydroxylation is 1. The van der Waals surface area contributed by atoms with Crippen LogP contribution in [0.3, 0.4) is 0 Å². The smallest absolute Gasteiger partial charge is 0.240 e. The second-order valence-electron chi connectivity index (χ2n) is 2.55. The lowest BCUT2D eigenvalue weighted by atomic mass is 10.5. The average Bonchev–Trinajstić information content (AvgIpc) is 2.64. The van der Waals surface area contributed by atoms with Crippen molar-refractivity contribution >= 4 is 17.3 Å². The summed E-state index contributed by atoms with van der Waals surface area (Å²) < 4.78 is 1.51. The predicted molar refractivity (Wildman–Crippen MR) is 48.2 cm³/mol. The fourth-order valence-corrected chi connectivity index (χ4v) is 1.56.